The van der Waals surface area contributed by atoms with Crippen LogP contribution in [0.5, 0.6) is 0 Å². The van der Waals surface area contributed by atoms with Gasteiger partial charge >= 0.3 is 0 Å². The molecule has 0 radical (unpaired) electrons. The fourth-order valence-corrected chi connectivity index (χ4v) is 2.87. The summed E-state index contributed by atoms with van der Waals surface area (Å²) in [5.41, 5.74) is 2.01. The van der Waals surface area contributed by atoms with Gasteiger partial charge in [-0.2, -0.15) is 12.6 Å². The van der Waals surface area contributed by atoms with Crippen molar-refractivity contribution < 1.29 is 9.18 Å². The molecule has 0 saturated carbocycles. The third kappa shape index (κ3) is 5.29. The highest BCUT2D eigenvalue weighted by molar-refractivity contribution is 7.80. The number of amides is 1. The van der Waals surface area contributed by atoms with Gasteiger partial charge in [-0.1, -0.05) is 32.0 Å². The Morgan fingerprint density at radius 3 is 2.39 bits per heavy atom. The molecule has 0 aromatic heterocycles. The Morgan fingerprint density at radius 1 is 1.17 bits per heavy atom. The number of thiol groups is 2. The summed E-state index contributed by atoms with van der Waals surface area (Å²) in [4.78, 5) is 12.1. The van der Waals surface area contributed by atoms with Gasteiger partial charge in [0.15, 0.2) is 0 Å². The van der Waals surface area contributed by atoms with Gasteiger partial charge in [-0.25, -0.2) is 4.39 Å². The van der Waals surface area contributed by atoms with Crippen LogP contribution in [0.1, 0.15) is 37.8 Å². The smallest absolute Gasteiger partial charge is 0.221 e. The fourth-order valence-electron chi connectivity index (χ4n) is 2.26. The van der Waals surface area contributed by atoms with E-state index in [4.69, 9.17) is 0 Å². The lowest BCUT2D eigenvalue weighted by molar-refractivity contribution is -0.114. The molecule has 0 aliphatic carbocycles. The molecule has 0 bridgehead atoms. The quantitative estimate of drug-likeness (QED) is 0.653. The van der Waals surface area contributed by atoms with E-state index in [-0.39, 0.29) is 17.6 Å². The van der Waals surface area contributed by atoms with Crippen molar-refractivity contribution in [2.24, 2.45) is 0 Å². The number of hydrogen-bond donors (Lipinski definition) is 3. The molecule has 0 spiro atoms. The first kappa shape index (κ1) is 19.6. The van der Waals surface area contributed by atoms with Crippen LogP contribution in [0.2, 0.25) is 0 Å². The zero-order valence-corrected chi connectivity index (χ0v) is 15.3. The molecular weight excluding hydrogens is 329 g/mol. The molecule has 2 aromatic rings. The minimum atomic E-state index is -0.283. The molecule has 1 atom stereocenters. The molecule has 124 valence electrons. The maximum absolute atomic E-state index is 14.1. The third-order valence-electron chi connectivity index (χ3n) is 3.18. The van der Waals surface area contributed by atoms with E-state index in [2.05, 4.69) is 30.6 Å². The lowest BCUT2D eigenvalue weighted by Gasteiger charge is -2.20. The zero-order chi connectivity index (χ0) is 17.4. The molecule has 2 nitrogen and oxygen atoms in total. The summed E-state index contributed by atoms with van der Waals surface area (Å²) in [6, 6.07) is 12.0. The molecule has 2 aromatic carbocycles. The Hall–Kier alpha value is -1.46. The first-order chi connectivity index (χ1) is 11.0. The van der Waals surface area contributed by atoms with Crippen molar-refractivity contribution in [3.8, 4) is 0 Å². The molecule has 1 unspecified atom stereocenters. The lowest BCUT2D eigenvalue weighted by atomic mass is 9.91. The average Bonchev–Trinajstić information content (AvgIpc) is 2.54. The number of carbonyl (C=O) groups is 1. The molecule has 0 aliphatic heterocycles. The number of carbonyl (C=O) groups excluding carboxylic acids is 1. The minimum Gasteiger partial charge on any atom is -0.326 e. The molecule has 23 heavy (non-hydrogen) atoms. The van der Waals surface area contributed by atoms with Crippen molar-refractivity contribution in [3.05, 3.63) is 59.4 Å². The minimum absolute atomic E-state index is 0.172. The van der Waals surface area contributed by atoms with Crippen LogP contribution in [0.15, 0.2) is 47.4 Å². The Labute approximate surface area is 148 Å². The summed E-state index contributed by atoms with van der Waals surface area (Å²) in [5, 5.41) is 2.78. The normalized spacial score (nSPS) is 11.2. The van der Waals surface area contributed by atoms with Crippen LogP contribution in [-0.2, 0) is 4.79 Å². The molecule has 1 amide bonds. The Bertz CT molecular complexity index is 661. The van der Waals surface area contributed by atoms with Gasteiger partial charge in [-0.05, 0) is 35.4 Å². The van der Waals surface area contributed by atoms with Crippen LogP contribution in [0.4, 0.5) is 10.1 Å². The highest BCUT2D eigenvalue weighted by Crippen LogP contribution is 2.34. The summed E-state index contributed by atoms with van der Waals surface area (Å²) in [6.07, 6.45) is 0. The molecule has 0 heterocycles. The largest absolute Gasteiger partial charge is 0.326 e. The van der Waals surface area contributed by atoms with Crippen molar-refractivity contribution in [2.75, 3.05) is 11.1 Å². The molecule has 1 N–H and O–H groups in total. The van der Waals surface area contributed by atoms with Crippen LogP contribution in [0, 0.1) is 5.82 Å². The van der Waals surface area contributed by atoms with Crippen LogP contribution in [-0.4, -0.2) is 11.7 Å². The van der Waals surface area contributed by atoms with E-state index in [1.54, 1.807) is 30.3 Å². The second kappa shape index (κ2) is 9.63. The van der Waals surface area contributed by atoms with E-state index >= 15 is 0 Å². The first-order valence-electron chi connectivity index (χ1n) is 7.48. The molecule has 2 rings (SSSR count). The van der Waals surface area contributed by atoms with E-state index in [9.17, 15) is 9.18 Å². The molecule has 0 fully saturated rings. The van der Waals surface area contributed by atoms with Gasteiger partial charge in [0.1, 0.15) is 5.82 Å². The highest BCUT2D eigenvalue weighted by atomic mass is 32.1. The fraction of sp³-hybridized carbons (Fsp3) is 0.278. The third-order valence-corrected chi connectivity index (χ3v) is 3.83. The van der Waals surface area contributed by atoms with Gasteiger partial charge in [-0.3, -0.25) is 4.79 Å². The predicted octanol–water partition coefficient (Wildman–Crippen LogP) is 5.16. The summed E-state index contributed by atoms with van der Waals surface area (Å²) in [5.74, 6) is -0.293. The van der Waals surface area contributed by atoms with Crippen LogP contribution in [0.3, 0.4) is 0 Å². The number of halogens is 1. The Kier molecular flexibility index (Phi) is 8.20. The monoisotopic (exact) mass is 351 g/mol. The van der Waals surface area contributed by atoms with E-state index in [0.29, 0.717) is 17.0 Å². The number of nitrogens with one attached hydrogen (secondary N) is 1. The van der Waals surface area contributed by atoms with Crippen LogP contribution >= 0.6 is 25.3 Å². The topological polar surface area (TPSA) is 29.1 Å². The van der Waals surface area contributed by atoms with Gasteiger partial charge in [0.2, 0.25) is 5.91 Å². The molecule has 0 saturated heterocycles. The second-order valence-corrected chi connectivity index (χ2v) is 5.59. The van der Waals surface area contributed by atoms with Gasteiger partial charge in [0.25, 0.3) is 0 Å². The maximum Gasteiger partial charge on any atom is 0.221 e. The summed E-state index contributed by atoms with van der Waals surface area (Å²) in [6.45, 7) is 5.44. The second-order valence-electron chi connectivity index (χ2n) is 4.71. The van der Waals surface area contributed by atoms with Crippen molar-refractivity contribution in [1.82, 2.24) is 0 Å². The van der Waals surface area contributed by atoms with Crippen molar-refractivity contribution in [2.45, 2.75) is 31.6 Å². The van der Waals surface area contributed by atoms with Crippen molar-refractivity contribution in [3.63, 3.8) is 0 Å². The summed E-state index contributed by atoms with van der Waals surface area (Å²) >= 11 is 8.69. The Morgan fingerprint density at radius 2 is 1.83 bits per heavy atom. The van der Waals surface area contributed by atoms with Crippen LogP contribution < -0.4 is 5.32 Å². The van der Waals surface area contributed by atoms with Gasteiger partial charge in [0, 0.05) is 29.2 Å². The molecule has 0 aliphatic rings. The van der Waals surface area contributed by atoms with Gasteiger partial charge < -0.3 is 5.32 Å². The van der Waals surface area contributed by atoms with Crippen molar-refractivity contribution in [1.29, 1.82) is 0 Å². The van der Waals surface area contributed by atoms with E-state index in [1.165, 1.54) is 13.0 Å². The average molecular weight is 352 g/mol. The lowest BCUT2D eigenvalue weighted by Crippen LogP contribution is -2.13. The van der Waals surface area contributed by atoms with Gasteiger partial charge in [-0.15, -0.1) is 12.6 Å². The Balaban J connectivity index is 0.00000127. The van der Waals surface area contributed by atoms with Gasteiger partial charge in [0.05, 0.1) is 0 Å². The summed E-state index contributed by atoms with van der Waals surface area (Å²) < 4.78 is 14.1. The van der Waals surface area contributed by atoms with E-state index < -0.39 is 0 Å². The maximum atomic E-state index is 14.1. The van der Waals surface area contributed by atoms with E-state index in [1.807, 2.05) is 19.9 Å². The predicted molar refractivity (Wildman–Crippen MR) is 101 cm³/mol. The first-order valence-corrected chi connectivity index (χ1v) is 8.56. The van der Waals surface area contributed by atoms with Crippen LogP contribution in [0.25, 0.3) is 0 Å². The zero-order valence-electron chi connectivity index (χ0n) is 13.5. The standard InChI is InChI=1S/C16H16FNOS2.C2H6/c1-10(19)18-16-7-6-11(21)8-13(16)14(9-20)12-4-2-3-5-15(12)17;1-2/h2-8,14,20-21H,9H2,1H3,(H,18,19);1-2H3. The van der Waals surface area contributed by atoms with Crippen molar-refractivity contribution >= 4 is 36.9 Å². The van der Waals surface area contributed by atoms with E-state index in [0.717, 1.165) is 10.5 Å². The highest BCUT2D eigenvalue weighted by Gasteiger charge is 2.20. The molecular formula is C18H22FNOS2. The number of anilines is 1. The SMILES string of the molecule is CC.CC(=O)Nc1ccc(S)cc1C(CS)c1ccccc1F. The molecule has 5 heteroatoms. The number of benzene rings is 2. The summed E-state index contributed by atoms with van der Waals surface area (Å²) in [7, 11) is 0. The number of rotatable bonds is 4. The number of hydrogen-bond acceptors (Lipinski definition) is 3.